The van der Waals surface area contributed by atoms with Gasteiger partial charge >= 0.3 is 6.03 Å². The van der Waals surface area contributed by atoms with E-state index in [4.69, 9.17) is 0 Å². The lowest BCUT2D eigenvalue weighted by Crippen LogP contribution is -2.53. The summed E-state index contributed by atoms with van der Waals surface area (Å²) in [5.41, 5.74) is -0.254. The maximum Gasteiger partial charge on any atom is 0.317 e. The van der Waals surface area contributed by atoms with Crippen molar-refractivity contribution in [1.82, 2.24) is 14.9 Å². The van der Waals surface area contributed by atoms with E-state index in [9.17, 15) is 13.2 Å². The zero-order chi connectivity index (χ0) is 16.1. The molecule has 0 aliphatic carbocycles. The molecular formula is C14H29N3O3S. The fourth-order valence-electron chi connectivity index (χ4n) is 2.25. The Hall–Kier alpha value is -0.820. The number of carbonyl (C=O) groups is 1. The Bertz CT molecular complexity index is 435. The molecule has 1 heterocycles. The van der Waals surface area contributed by atoms with Crippen LogP contribution in [0.2, 0.25) is 0 Å². The zero-order valence-corrected chi connectivity index (χ0v) is 14.4. The number of sulfonamides is 1. The van der Waals surface area contributed by atoms with Crippen molar-refractivity contribution in [3.05, 3.63) is 0 Å². The van der Waals surface area contributed by atoms with Crippen LogP contribution < -0.4 is 10.0 Å². The smallest absolute Gasteiger partial charge is 0.317 e. The number of hydrogen-bond donors (Lipinski definition) is 2. The molecule has 0 spiro atoms. The first-order valence-corrected chi connectivity index (χ1v) is 9.35. The predicted molar refractivity (Wildman–Crippen MR) is 84.7 cm³/mol. The summed E-state index contributed by atoms with van der Waals surface area (Å²) >= 11 is 0. The van der Waals surface area contributed by atoms with Gasteiger partial charge in [-0.25, -0.2) is 17.9 Å². The number of nitrogens with zero attached hydrogens (tertiary/aromatic N) is 1. The van der Waals surface area contributed by atoms with Gasteiger partial charge in [-0.15, -0.1) is 0 Å². The molecule has 2 amide bonds. The highest BCUT2D eigenvalue weighted by Gasteiger charge is 2.27. The van der Waals surface area contributed by atoms with Gasteiger partial charge in [0.05, 0.1) is 5.75 Å². The zero-order valence-electron chi connectivity index (χ0n) is 13.6. The van der Waals surface area contributed by atoms with Crippen LogP contribution in [0.4, 0.5) is 4.79 Å². The normalized spacial score (nSPS) is 17.8. The van der Waals surface area contributed by atoms with Gasteiger partial charge in [-0.2, -0.15) is 0 Å². The van der Waals surface area contributed by atoms with E-state index < -0.39 is 10.0 Å². The van der Waals surface area contributed by atoms with Crippen molar-refractivity contribution in [3.63, 3.8) is 0 Å². The number of rotatable bonds is 5. The van der Waals surface area contributed by atoms with Crippen LogP contribution in [0.25, 0.3) is 0 Å². The van der Waals surface area contributed by atoms with Crippen LogP contribution in [0.1, 0.15) is 53.4 Å². The van der Waals surface area contributed by atoms with Gasteiger partial charge in [0.1, 0.15) is 0 Å². The van der Waals surface area contributed by atoms with E-state index in [1.807, 2.05) is 27.7 Å². The molecule has 0 radical (unpaired) electrons. The van der Waals surface area contributed by atoms with Crippen molar-refractivity contribution in [2.45, 2.75) is 65.0 Å². The summed E-state index contributed by atoms with van der Waals surface area (Å²) in [6.45, 7) is 8.98. The van der Waals surface area contributed by atoms with Crippen molar-refractivity contribution in [1.29, 1.82) is 0 Å². The highest BCUT2D eigenvalue weighted by molar-refractivity contribution is 7.89. The largest absolute Gasteiger partial charge is 0.333 e. The van der Waals surface area contributed by atoms with E-state index in [2.05, 4.69) is 10.0 Å². The van der Waals surface area contributed by atoms with Crippen LogP contribution >= 0.6 is 0 Å². The summed E-state index contributed by atoms with van der Waals surface area (Å²) in [6.07, 6.45) is 2.89. The SMILES string of the molecule is CCCCS(=O)(=O)NC1CCN(C(=O)NC(C)(C)C)CC1. The van der Waals surface area contributed by atoms with Gasteiger partial charge in [-0.3, -0.25) is 0 Å². The molecule has 1 saturated heterocycles. The molecule has 0 atom stereocenters. The second kappa shape index (κ2) is 7.45. The Morgan fingerprint density at radius 1 is 1.24 bits per heavy atom. The quantitative estimate of drug-likeness (QED) is 0.809. The van der Waals surface area contributed by atoms with Gasteiger partial charge in [0, 0.05) is 24.7 Å². The number of urea groups is 1. The first-order valence-electron chi connectivity index (χ1n) is 7.70. The van der Waals surface area contributed by atoms with Crippen molar-refractivity contribution < 1.29 is 13.2 Å². The Morgan fingerprint density at radius 2 is 1.81 bits per heavy atom. The number of amides is 2. The third kappa shape index (κ3) is 7.13. The summed E-state index contributed by atoms with van der Waals surface area (Å²) in [5, 5.41) is 2.93. The molecular weight excluding hydrogens is 290 g/mol. The average Bonchev–Trinajstić information content (AvgIpc) is 2.35. The molecule has 0 aromatic heterocycles. The van der Waals surface area contributed by atoms with Crippen LogP contribution in [0.15, 0.2) is 0 Å². The van der Waals surface area contributed by atoms with Crippen molar-refractivity contribution in [2.24, 2.45) is 0 Å². The van der Waals surface area contributed by atoms with Crippen molar-refractivity contribution >= 4 is 16.1 Å². The average molecular weight is 319 g/mol. The number of piperidine rings is 1. The maximum atomic E-state index is 12.0. The molecule has 0 bridgehead atoms. The molecule has 7 heteroatoms. The van der Waals surface area contributed by atoms with E-state index in [0.717, 1.165) is 6.42 Å². The van der Waals surface area contributed by atoms with Crippen molar-refractivity contribution in [2.75, 3.05) is 18.8 Å². The molecule has 0 aromatic carbocycles. The fraction of sp³-hybridized carbons (Fsp3) is 0.929. The van der Waals surface area contributed by atoms with Crippen LogP contribution in [-0.4, -0.2) is 49.8 Å². The third-order valence-corrected chi connectivity index (χ3v) is 4.90. The minimum atomic E-state index is -3.18. The molecule has 0 saturated carbocycles. The Morgan fingerprint density at radius 3 is 2.29 bits per heavy atom. The summed E-state index contributed by atoms with van der Waals surface area (Å²) in [6, 6.07) is -0.125. The summed E-state index contributed by atoms with van der Waals surface area (Å²) in [5.74, 6) is 0.189. The van der Waals surface area contributed by atoms with Gasteiger partial charge in [0.2, 0.25) is 10.0 Å². The second-order valence-electron chi connectivity index (χ2n) is 6.73. The minimum absolute atomic E-state index is 0.0504. The van der Waals surface area contributed by atoms with Crippen LogP contribution in [0.5, 0.6) is 0 Å². The molecule has 0 aromatic rings. The molecule has 21 heavy (non-hydrogen) atoms. The lowest BCUT2D eigenvalue weighted by atomic mass is 10.1. The third-order valence-electron chi connectivity index (χ3n) is 3.38. The molecule has 6 nitrogen and oxygen atoms in total. The van der Waals surface area contributed by atoms with E-state index in [1.165, 1.54) is 0 Å². The Labute approximate surface area is 128 Å². The maximum absolute atomic E-state index is 12.0. The minimum Gasteiger partial charge on any atom is -0.333 e. The van der Waals surface area contributed by atoms with E-state index in [-0.39, 0.29) is 23.4 Å². The number of nitrogens with one attached hydrogen (secondary N) is 2. The second-order valence-corrected chi connectivity index (χ2v) is 8.61. The summed E-state index contributed by atoms with van der Waals surface area (Å²) in [7, 11) is -3.18. The monoisotopic (exact) mass is 319 g/mol. The number of likely N-dealkylation sites (tertiary alicyclic amines) is 1. The predicted octanol–water partition coefficient (Wildman–Crippen LogP) is 1.68. The number of unbranched alkanes of at least 4 members (excludes halogenated alkanes) is 1. The molecule has 0 unspecified atom stereocenters. The summed E-state index contributed by atoms with van der Waals surface area (Å²) in [4.78, 5) is 13.8. The highest BCUT2D eigenvalue weighted by atomic mass is 32.2. The highest BCUT2D eigenvalue weighted by Crippen LogP contribution is 2.13. The first-order chi connectivity index (χ1) is 9.63. The lowest BCUT2D eigenvalue weighted by Gasteiger charge is -2.34. The number of carbonyl (C=O) groups excluding carboxylic acids is 1. The Balaban J connectivity index is 2.40. The Kier molecular flexibility index (Phi) is 6.46. The topological polar surface area (TPSA) is 78.5 Å². The van der Waals surface area contributed by atoms with Crippen molar-refractivity contribution in [3.8, 4) is 0 Å². The lowest BCUT2D eigenvalue weighted by molar-refractivity contribution is 0.172. The standard InChI is InChI=1S/C14H29N3O3S/c1-5-6-11-21(19,20)16-12-7-9-17(10-8-12)13(18)15-14(2,3)4/h12,16H,5-11H2,1-4H3,(H,15,18). The van der Waals surface area contributed by atoms with E-state index >= 15 is 0 Å². The molecule has 124 valence electrons. The van der Waals surface area contributed by atoms with Crippen LogP contribution in [0, 0.1) is 0 Å². The summed E-state index contributed by atoms with van der Waals surface area (Å²) < 4.78 is 26.5. The van der Waals surface area contributed by atoms with Gasteiger partial charge in [-0.1, -0.05) is 13.3 Å². The number of hydrogen-bond acceptors (Lipinski definition) is 3. The molecule has 1 rings (SSSR count). The molecule has 1 fully saturated rings. The molecule has 1 aliphatic rings. The van der Waals surface area contributed by atoms with E-state index in [1.54, 1.807) is 4.90 Å². The van der Waals surface area contributed by atoms with Gasteiger partial charge in [0.15, 0.2) is 0 Å². The first kappa shape index (κ1) is 18.2. The van der Waals surface area contributed by atoms with Gasteiger partial charge in [0.25, 0.3) is 0 Å². The van der Waals surface area contributed by atoms with Crippen LogP contribution in [0.3, 0.4) is 0 Å². The molecule has 2 N–H and O–H groups in total. The van der Waals surface area contributed by atoms with Crippen LogP contribution in [-0.2, 0) is 10.0 Å². The fourth-order valence-corrected chi connectivity index (χ4v) is 3.78. The van der Waals surface area contributed by atoms with Gasteiger partial charge < -0.3 is 10.2 Å². The molecule has 1 aliphatic heterocycles. The van der Waals surface area contributed by atoms with Gasteiger partial charge in [-0.05, 0) is 40.0 Å². The van der Waals surface area contributed by atoms with E-state index in [0.29, 0.717) is 32.4 Å².